The molecule has 0 spiro atoms. The lowest BCUT2D eigenvalue weighted by molar-refractivity contribution is -0.127. The van der Waals surface area contributed by atoms with Crippen molar-refractivity contribution in [1.82, 2.24) is 25.1 Å². The summed E-state index contributed by atoms with van der Waals surface area (Å²) in [5.41, 5.74) is 0. The first-order chi connectivity index (χ1) is 12.2. The van der Waals surface area contributed by atoms with Crippen molar-refractivity contribution in [3.05, 3.63) is 30.9 Å². The van der Waals surface area contributed by atoms with E-state index in [1.165, 1.54) is 19.3 Å². The lowest BCUT2D eigenvalue weighted by Crippen LogP contribution is -2.56. The first-order valence-corrected chi connectivity index (χ1v) is 9.08. The van der Waals surface area contributed by atoms with Crippen LogP contribution in [-0.4, -0.2) is 44.8 Å². The Kier molecular flexibility index (Phi) is 4.38. The molecule has 1 saturated heterocycles. The number of hydrogen-bond donors (Lipinski definition) is 1. The highest BCUT2D eigenvalue weighted by Gasteiger charge is 2.35. The lowest BCUT2D eigenvalue weighted by Gasteiger charge is -2.40. The topological polar surface area (TPSA) is 75.9 Å². The van der Waals surface area contributed by atoms with E-state index in [4.69, 9.17) is 0 Å². The molecule has 1 aliphatic heterocycles. The molecule has 0 aromatic carbocycles. The Labute approximate surface area is 147 Å². The maximum atomic E-state index is 12.5. The third-order valence-electron chi connectivity index (χ3n) is 5.39. The van der Waals surface area contributed by atoms with E-state index in [0.717, 1.165) is 18.1 Å². The molecule has 1 N–H and O–H groups in total. The monoisotopic (exact) mass is 340 g/mol. The molecule has 0 bridgehead atoms. The predicted molar refractivity (Wildman–Crippen MR) is 94.4 cm³/mol. The Bertz CT molecular complexity index is 725. The van der Waals surface area contributed by atoms with Gasteiger partial charge in [0.25, 0.3) is 0 Å². The van der Waals surface area contributed by atoms with Crippen molar-refractivity contribution >= 4 is 11.7 Å². The molecular weight excluding hydrogens is 316 g/mol. The van der Waals surface area contributed by atoms with E-state index in [1.807, 2.05) is 18.3 Å². The van der Waals surface area contributed by atoms with Gasteiger partial charge in [0.1, 0.15) is 12.1 Å². The van der Waals surface area contributed by atoms with Gasteiger partial charge in [-0.05, 0) is 24.8 Å². The molecule has 1 aliphatic carbocycles. The van der Waals surface area contributed by atoms with Gasteiger partial charge >= 0.3 is 0 Å². The van der Waals surface area contributed by atoms with Crippen LogP contribution in [0.1, 0.15) is 32.6 Å². The summed E-state index contributed by atoms with van der Waals surface area (Å²) in [7, 11) is 0. The molecule has 2 aliphatic rings. The van der Waals surface area contributed by atoms with Gasteiger partial charge < -0.3 is 10.2 Å². The van der Waals surface area contributed by atoms with Crippen molar-refractivity contribution in [3.8, 4) is 5.82 Å². The maximum Gasteiger partial charge on any atom is 0.226 e. The molecule has 4 rings (SSSR count). The van der Waals surface area contributed by atoms with Crippen molar-refractivity contribution in [2.75, 3.05) is 18.0 Å². The fraction of sp³-hybridized carbons (Fsp3) is 0.556. The maximum absolute atomic E-state index is 12.5. The van der Waals surface area contributed by atoms with E-state index >= 15 is 0 Å². The Hall–Kier alpha value is -2.44. The number of carbonyl (C=O) groups is 1. The molecule has 3 heterocycles. The fourth-order valence-electron chi connectivity index (χ4n) is 3.70. The summed E-state index contributed by atoms with van der Waals surface area (Å²) in [6.07, 6.45) is 9.97. The van der Waals surface area contributed by atoms with Crippen molar-refractivity contribution in [2.24, 2.45) is 11.8 Å². The molecule has 2 aromatic heterocycles. The molecule has 132 valence electrons. The van der Waals surface area contributed by atoms with Crippen molar-refractivity contribution in [3.63, 3.8) is 0 Å². The van der Waals surface area contributed by atoms with Gasteiger partial charge in [0.2, 0.25) is 5.91 Å². The zero-order valence-corrected chi connectivity index (χ0v) is 14.5. The zero-order chi connectivity index (χ0) is 17.2. The number of hydrogen-bond acceptors (Lipinski definition) is 5. The molecule has 2 fully saturated rings. The van der Waals surface area contributed by atoms with E-state index < -0.39 is 0 Å². The van der Waals surface area contributed by atoms with Gasteiger partial charge in [-0.15, -0.1) is 0 Å². The van der Waals surface area contributed by atoms with Gasteiger partial charge in [-0.1, -0.05) is 19.8 Å². The minimum Gasteiger partial charge on any atom is -0.355 e. The van der Waals surface area contributed by atoms with E-state index in [-0.39, 0.29) is 11.8 Å². The van der Waals surface area contributed by atoms with Gasteiger partial charge in [-0.3, -0.25) is 4.79 Å². The summed E-state index contributed by atoms with van der Waals surface area (Å²) in [4.78, 5) is 23.2. The van der Waals surface area contributed by atoms with Gasteiger partial charge in [-0.25, -0.2) is 14.6 Å². The van der Waals surface area contributed by atoms with Gasteiger partial charge in [0.15, 0.2) is 5.82 Å². The van der Waals surface area contributed by atoms with Crippen LogP contribution in [0.2, 0.25) is 0 Å². The van der Waals surface area contributed by atoms with Crippen LogP contribution in [0.4, 0.5) is 5.82 Å². The SMILES string of the molecule is C[C@@H]1CCCC[C@@H]1NC(=O)C1CN(c2cc(-n3cccn3)ncn2)C1. The second-order valence-corrected chi connectivity index (χ2v) is 7.16. The van der Waals surface area contributed by atoms with Crippen LogP contribution in [-0.2, 0) is 4.79 Å². The zero-order valence-electron chi connectivity index (χ0n) is 14.5. The summed E-state index contributed by atoms with van der Waals surface area (Å²) < 4.78 is 1.71. The molecule has 2 aromatic rings. The largest absolute Gasteiger partial charge is 0.355 e. The molecule has 7 nitrogen and oxygen atoms in total. The minimum atomic E-state index is 0.0530. The number of rotatable bonds is 4. The van der Waals surface area contributed by atoms with Crippen LogP contribution in [0.15, 0.2) is 30.9 Å². The molecule has 1 saturated carbocycles. The third-order valence-corrected chi connectivity index (χ3v) is 5.39. The van der Waals surface area contributed by atoms with Crippen LogP contribution in [0.25, 0.3) is 5.82 Å². The highest BCUT2D eigenvalue weighted by atomic mass is 16.2. The number of nitrogens with zero attached hydrogens (tertiary/aromatic N) is 5. The standard InChI is InChI=1S/C18H24N6O/c1-13-5-2-3-6-15(13)22-18(25)14-10-23(11-14)16-9-17(20-12-19-16)24-8-4-7-21-24/h4,7-9,12-15H,2-3,5-6,10-11H2,1H3,(H,22,25)/t13-,15+/m1/s1. The molecule has 7 heteroatoms. The van der Waals surface area contributed by atoms with Gasteiger partial charge in [-0.2, -0.15) is 5.10 Å². The molecular formula is C18H24N6O. The molecule has 0 unspecified atom stereocenters. The average Bonchev–Trinajstić information content (AvgIpc) is 3.10. The average molecular weight is 340 g/mol. The first kappa shape index (κ1) is 16.1. The number of amides is 1. The predicted octanol–water partition coefficient (Wildman–Crippen LogP) is 1.79. The van der Waals surface area contributed by atoms with Crippen molar-refractivity contribution < 1.29 is 4.79 Å². The minimum absolute atomic E-state index is 0.0530. The highest BCUT2D eigenvalue weighted by molar-refractivity contribution is 5.82. The Morgan fingerprint density at radius 1 is 1.20 bits per heavy atom. The van der Waals surface area contributed by atoms with E-state index in [9.17, 15) is 4.79 Å². The Morgan fingerprint density at radius 3 is 2.76 bits per heavy atom. The van der Waals surface area contributed by atoms with E-state index in [1.54, 1.807) is 17.2 Å². The van der Waals surface area contributed by atoms with Crippen molar-refractivity contribution in [1.29, 1.82) is 0 Å². The first-order valence-electron chi connectivity index (χ1n) is 9.08. The quantitative estimate of drug-likeness (QED) is 0.918. The van der Waals surface area contributed by atoms with Crippen LogP contribution in [0.5, 0.6) is 0 Å². The Morgan fingerprint density at radius 2 is 2.00 bits per heavy atom. The smallest absolute Gasteiger partial charge is 0.226 e. The summed E-state index contributed by atoms with van der Waals surface area (Å²) in [6, 6.07) is 4.11. The van der Waals surface area contributed by atoms with Crippen LogP contribution in [0, 0.1) is 11.8 Å². The summed E-state index contributed by atoms with van der Waals surface area (Å²) in [5, 5.41) is 7.45. The molecule has 2 atom stereocenters. The number of carbonyl (C=O) groups excluding carboxylic acids is 1. The summed E-state index contributed by atoms with van der Waals surface area (Å²) >= 11 is 0. The fourth-order valence-corrected chi connectivity index (χ4v) is 3.70. The van der Waals surface area contributed by atoms with Crippen LogP contribution in [0.3, 0.4) is 0 Å². The number of nitrogens with one attached hydrogen (secondary N) is 1. The van der Waals surface area contributed by atoms with Crippen molar-refractivity contribution in [2.45, 2.75) is 38.6 Å². The van der Waals surface area contributed by atoms with Gasteiger partial charge in [0, 0.05) is 37.6 Å². The van der Waals surface area contributed by atoms with Crippen LogP contribution < -0.4 is 10.2 Å². The summed E-state index contributed by atoms with van der Waals surface area (Å²) in [5.74, 6) is 2.41. The number of aromatic nitrogens is 4. The summed E-state index contributed by atoms with van der Waals surface area (Å²) in [6.45, 7) is 3.67. The highest BCUT2D eigenvalue weighted by Crippen LogP contribution is 2.26. The molecule has 25 heavy (non-hydrogen) atoms. The normalized spacial score (nSPS) is 24.0. The Balaban J connectivity index is 1.34. The van der Waals surface area contributed by atoms with E-state index in [0.29, 0.717) is 25.0 Å². The van der Waals surface area contributed by atoms with Gasteiger partial charge in [0.05, 0.1) is 5.92 Å². The molecule has 1 amide bonds. The lowest BCUT2D eigenvalue weighted by atomic mass is 9.85. The number of anilines is 1. The second-order valence-electron chi connectivity index (χ2n) is 7.16. The third kappa shape index (κ3) is 3.36. The molecule has 0 radical (unpaired) electrons. The van der Waals surface area contributed by atoms with E-state index in [2.05, 4.69) is 32.2 Å². The second kappa shape index (κ2) is 6.82. The van der Waals surface area contributed by atoms with Crippen LogP contribution >= 0.6 is 0 Å².